The third kappa shape index (κ3) is 5.35. The van der Waals surface area contributed by atoms with Crippen LogP contribution in [0.1, 0.15) is 5.56 Å². The van der Waals surface area contributed by atoms with Crippen molar-refractivity contribution in [2.45, 2.75) is 6.61 Å². The van der Waals surface area contributed by atoms with E-state index in [1.165, 1.54) is 44.6 Å². The van der Waals surface area contributed by atoms with Crippen molar-refractivity contribution in [1.82, 2.24) is 0 Å². The van der Waals surface area contributed by atoms with Crippen LogP contribution in [0.3, 0.4) is 0 Å². The van der Waals surface area contributed by atoms with Crippen LogP contribution in [-0.2, 0) is 4.79 Å². The van der Waals surface area contributed by atoms with Gasteiger partial charge in [-0.1, -0.05) is 23.7 Å². The molecule has 0 aliphatic heterocycles. The summed E-state index contributed by atoms with van der Waals surface area (Å²) in [5.74, 6) is 0.396. The molecule has 0 aliphatic carbocycles. The van der Waals surface area contributed by atoms with Crippen molar-refractivity contribution >= 4 is 29.3 Å². The topological polar surface area (TPSA) is 56.8 Å². The van der Waals surface area contributed by atoms with Crippen molar-refractivity contribution in [1.29, 1.82) is 0 Å². The number of nitrogens with one attached hydrogen (secondary N) is 1. The minimum Gasteiger partial charge on any atom is -0.495 e. The lowest BCUT2D eigenvalue weighted by molar-refractivity contribution is -0.111. The molecular formula is C18H16ClF2NO4. The molecule has 0 aromatic heterocycles. The fraction of sp³-hybridized carbons (Fsp3) is 0.167. The van der Waals surface area contributed by atoms with Gasteiger partial charge in [0.25, 0.3) is 0 Å². The molecule has 26 heavy (non-hydrogen) atoms. The lowest BCUT2D eigenvalue weighted by atomic mass is 10.2. The van der Waals surface area contributed by atoms with Crippen molar-refractivity contribution in [3.8, 4) is 17.2 Å². The van der Waals surface area contributed by atoms with Crippen LogP contribution in [0.15, 0.2) is 42.5 Å². The first-order valence-corrected chi connectivity index (χ1v) is 7.76. The summed E-state index contributed by atoms with van der Waals surface area (Å²) >= 11 is 6.01. The van der Waals surface area contributed by atoms with E-state index in [2.05, 4.69) is 10.1 Å². The number of benzene rings is 2. The van der Waals surface area contributed by atoms with Crippen molar-refractivity contribution in [2.75, 3.05) is 19.5 Å². The van der Waals surface area contributed by atoms with E-state index in [-0.39, 0.29) is 5.75 Å². The molecule has 0 spiro atoms. The fourth-order valence-electron chi connectivity index (χ4n) is 2.06. The van der Waals surface area contributed by atoms with Gasteiger partial charge in [0.05, 0.1) is 24.9 Å². The summed E-state index contributed by atoms with van der Waals surface area (Å²) in [6.07, 6.45) is 2.82. The van der Waals surface area contributed by atoms with Crippen LogP contribution in [0.4, 0.5) is 14.5 Å². The zero-order valence-electron chi connectivity index (χ0n) is 14.0. The van der Waals surface area contributed by atoms with Crippen molar-refractivity contribution in [2.24, 2.45) is 0 Å². The number of ether oxygens (including phenoxy) is 3. The van der Waals surface area contributed by atoms with Gasteiger partial charge >= 0.3 is 6.61 Å². The van der Waals surface area contributed by atoms with Gasteiger partial charge in [0.15, 0.2) is 0 Å². The van der Waals surface area contributed by atoms with Crippen LogP contribution >= 0.6 is 11.6 Å². The number of rotatable bonds is 7. The van der Waals surface area contributed by atoms with E-state index in [1.807, 2.05) is 0 Å². The summed E-state index contributed by atoms with van der Waals surface area (Å²) < 4.78 is 38.8. The number of amides is 1. The molecule has 138 valence electrons. The monoisotopic (exact) mass is 383 g/mol. The number of anilines is 1. The van der Waals surface area contributed by atoms with Gasteiger partial charge in [-0.2, -0.15) is 8.78 Å². The van der Waals surface area contributed by atoms with E-state index in [0.29, 0.717) is 27.8 Å². The zero-order chi connectivity index (χ0) is 19.1. The Balaban J connectivity index is 2.07. The Morgan fingerprint density at radius 3 is 2.35 bits per heavy atom. The zero-order valence-corrected chi connectivity index (χ0v) is 14.7. The Labute approximate surface area is 154 Å². The number of halogens is 3. The van der Waals surface area contributed by atoms with Crippen molar-refractivity contribution in [3.63, 3.8) is 0 Å². The Bertz CT molecular complexity index is 795. The highest BCUT2D eigenvalue weighted by Gasteiger charge is 2.11. The molecule has 2 rings (SSSR count). The summed E-state index contributed by atoms with van der Waals surface area (Å²) in [5, 5.41) is 3.01. The fourth-order valence-corrected chi connectivity index (χ4v) is 2.30. The second kappa shape index (κ2) is 9.05. The molecule has 0 unspecified atom stereocenters. The predicted octanol–water partition coefficient (Wildman–Crippen LogP) is 4.61. The Morgan fingerprint density at radius 2 is 1.77 bits per heavy atom. The van der Waals surface area contributed by atoms with Crippen LogP contribution in [-0.4, -0.2) is 26.7 Å². The third-order valence-electron chi connectivity index (χ3n) is 3.26. The summed E-state index contributed by atoms with van der Waals surface area (Å²) in [7, 11) is 2.91. The molecule has 8 heteroatoms. The summed E-state index contributed by atoms with van der Waals surface area (Å²) in [6.45, 7) is -2.88. The van der Waals surface area contributed by atoms with Gasteiger partial charge in [-0.3, -0.25) is 4.79 Å². The molecule has 5 nitrogen and oxygen atoms in total. The highest BCUT2D eigenvalue weighted by atomic mass is 35.5. The average Bonchev–Trinajstić information content (AvgIpc) is 2.61. The molecule has 0 heterocycles. The first-order chi connectivity index (χ1) is 12.4. The minimum absolute atomic E-state index is 0.0413. The number of alkyl halides is 2. The van der Waals surface area contributed by atoms with Crippen LogP contribution in [0.5, 0.6) is 17.2 Å². The van der Waals surface area contributed by atoms with E-state index >= 15 is 0 Å². The Hall–Kier alpha value is -2.80. The normalized spacial score (nSPS) is 10.8. The van der Waals surface area contributed by atoms with Crippen LogP contribution < -0.4 is 19.5 Å². The maximum absolute atomic E-state index is 12.1. The van der Waals surface area contributed by atoms with Gasteiger partial charge < -0.3 is 19.5 Å². The molecule has 0 bridgehead atoms. The number of hydrogen-bond acceptors (Lipinski definition) is 4. The van der Waals surface area contributed by atoms with Crippen molar-refractivity contribution < 1.29 is 27.8 Å². The molecule has 0 atom stereocenters. The molecule has 0 saturated heterocycles. The number of hydrogen-bond donors (Lipinski definition) is 1. The summed E-state index contributed by atoms with van der Waals surface area (Å²) in [5.41, 5.74) is 1.03. The van der Waals surface area contributed by atoms with E-state index in [9.17, 15) is 13.6 Å². The number of carbonyl (C=O) groups is 1. The van der Waals surface area contributed by atoms with Crippen LogP contribution in [0.2, 0.25) is 5.02 Å². The highest BCUT2D eigenvalue weighted by molar-refractivity contribution is 6.32. The second-order valence-electron chi connectivity index (χ2n) is 4.96. The highest BCUT2D eigenvalue weighted by Crippen LogP contribution is 2.35. The second-order valence-corrected chi connectivity index (χ2v) is 5.36. The van der Waals surface area contributed by atoms with E-state index in [4.69, 9.17) is 21.1 Å². The Morgan fingerprint density at radius 1 is 1.12 bits per heavy atom. The standard InChI is InChI=1S/C18H16ClF2NO4/c1-24-15-10-14(16(25-2)9-13(15)19)22-17(23)8-5-11-3-6-12(7-4-11)26-18(20)21/h3-10,18H,1-2H3,(H,22,23)/b8-5+. The average molecular weight is 384 g/mol. The molecular weight excluding hydrogens is 368 g/mol. The first kappa shape index (κ1) is 19.5. The summed E-state index contributed by atoms with van der Waals surface area (Å²) in [6, 6.07) is 8.94. The smallest absolute Gasteiger partial charge is 0.387 e. The summed E-state index contributed by atoms with van der Waals surface area (Å²) in [4.78, 5) is 12.1. The van der Waals surface area contributed by atoms with Gasteiger partial charge in [0.1, 0.15) is 17.2 Å². The largest absolute Gasteiger partial charge is 0.495 e. The van der Waals surface area contributed by atoms with Crippen LogP contribution in [0, 0.1) is 0 Å². The molecule has 2 aromatic rings. The molecule has 0 saturated carbocycles. The van der Waals surface area contributed by atoms with Gasteiger partial charge in [0, 0.05) is 18.2 Å². The Kier molecular flexibility index (Phi) is 6.80. The first-order valence-electron chi connectivity index (χ1n) is 7.38. The van der Waals surface area contributed by atoms with Gasteiger partial charge in [0.2, 0.25) is 5.91 Å². The van der Waals surface area contributed by atoms with Gasteiger partial charge in [-0.25, -0.2) is 0 Å². The maximum atomic E-state index is 12.1. The SMILES string of the molecule is COc1cc(NC(=O)/C=C/c2ccc(OC(F)F)cc2)c(OC)cc1Cl. The lowest BCUT2D eigenvalue weighted by Gasteiger charge is -2.12. The van der Waals surface area contributed by atoms with Gasteiger partial charge in [-0.05, 0) is 23.8 Å². The maximum Gasteiger partial charge on any atom is 0.387 e. The molecule has 1 amide bonds. The van der Waals surface area contributed by atoms with E-state index in [0.717, 1.165) is 0 Å². The van der Waals surface area contributed by atoms with Gasteiger partial charge in [-0.15, -0.1) is 0 Å². The molecule has 2 aromatic carbocycles. The van der Waals surface area contributed by atoms with E-state index < -0.39 is 12.5 Å². The molecule has 0 fully saturated rings. The molecule has 0 radical (unpaired) electrons. The minimum atomic E-state index is -2.88. The number of carbonyl (C=O) groups excluding carboxylic acids is 1. The van der Waals surface area contributed by atoms with E-state index in [1.54, 1.807) is 18.2 Å². The molecule has 1 N–H and O–H groups in total. The lowest BCUT2D eigenvalue weighted by Crippen LogP contribution is -2.09. The third-order valence-corrected chi connectivity index (χ3v) is 3.56. The van der Waals surface area contributed by atoms with Crippen LogP contribution in [0.25, 0.3) is 6.08 Å². The quantitative estimate of drug-likeness (QED) is 0.709. The number of methoxy groups -OCH3 is 2. The molecule has 0 aliphatic rings. The predicted molar refractivity (Wildman–Crippen MR) is 95.3 cm³/mol. The van der Waals surface area contributed by atoms with Crippen molar-refractivity contribution in [3.05, 3.63) is 53.1 Å².